The molecule has 0 saturated carbocycles. The van der Waals surface area contributed by atoms with E-state index >= 15 is 0 Å². The number of rotatable bonds is 6. The summed E-state index contributed by atoms with van der Waals surface area (Å²) in [6.45, 7) is 0.155. The largest absolute Gasteiger partial charge is 0.460 e. The van der Waals surface area contributed by atoms with Crippen LogP contribution < -0.4 is 0 Å². The fourth-order valence-electron chi connectivity index (χ4n) is 2.22. The molecule has 0 bridgehead atoms. The average molecular weight is 427 g/mol. The van der Waals surface area contributed by atoms with Crippen LogP contribution in [0.15, 0.2) is 47.0 Å². The van der Waals surface area contributed by atoms with Gasteiger partial charge in [-0.05, 0) is 47.4 Å². The second kappa shape index (κ2) is 7.96. The van der Waals surface area contributed by atoms with Crippen molar-refractivity contribution in [1.29, 1.82) is 0 Å². The standard InChI is InChI=1S/C17H10Cl3N3O4/c18-13-5-1-10(7-14(13)19)16(24)6-4-11-2-3-12(27-11)8-22-9-15(20)17(21-22)23(25)26/h1-7,9H,8H2/b6-4+. The van der Waals surface area contributed by atoms with Crippen molar-refractivity contribution in [3.63, 3.8) is 0 Å². The summed E-state index contributed by atoms with van der Waals surface area (Å²) in [6, 6.07) is 7.93. The highest BCUT2D eigenvalue weighted by atomic mass is 35.5. The molecule has 0 spiro atoms. The molecule has 1 aromatic carbocycles. The Morgan fingerprint density at radius 1 is 1.19 bits per heavy atom. The molecule has 3 aromatic rings. The molecule has 10 heteroatoms. The van der Waals surface area contributed by atoms with Gasteiger partial charge in [0.05, 0.1) is 21.3 Å². The number of furan rings is 1. The van der Waals surface area contributed by atoms with E-state index in [-0.39, 0.29) is 17.4 Å². The van der Waals surface area contributed by atoms with E-state index in [1.807, 2.05) is 0 Å². The summed E-state index contributed by atoms with van der Waals surface area (Å²) < 4.78 is 6.87. The zero-order chi connectivity index (χ0) is 19.6. The number of ketones is 1. The van der Waals surface area contributed by atoms with E-state index in [9.17, 15) is 14.9 Å². The van der Waals surface area contributed by atoms with Gasteiger partial charge in [-0.15, -0.1) is 0 Å². The molecule has 0 N–H and O–H groups in total. The van der Waals surface area contributed by atoms with Crippen molar-refractivity contribution in [3.05, 3.63) is 84.9 Å². The maximum absolute atomic E-state index is 12.2. The maximum Gasteiger partial charge on any atom is 0.408 e. The summed E-state index contributed by atoms with van der Waals surface area (Å²) in [4.78, 5) is 22.3. The molecule has 2 heterocycles. The Kier molecular flexibility index (Phi) is 5.65. The second-order valence-electron chi connectivity index (χ2n) is 5.39. The van der Waals surface area contributed by atoms with Gasteiger partial charge >= 0.3 is 5.82 Å². The summed E-state index contributed by atoms with van der Waals surface area (Å²) in [6.07, 6.45) is 4.19. The highest BCUT2D eigenvalue weighted by Crippen LogP contribution is 2.24. The number of aromatic nitrogens is 2. The number of nitrogens with zero attached hydrogens (tertiary/aromatic N) is 3. The Balaban J connectivity index is 1.69. The SMILES string of the molecule is O=C(/C=C/c1ccc(Cn2cc(Cl)c([N+](=O)[O-])n2)o1)c1ccc(Cl)c(Cl)c1. The summed E-state index contributed by atoms with van der Waals surface area (Å²) in [7, 11) is 0. The van der Waals surface area contributed by atoms with Crippen molar-refractivity contribution in [2.75, 3.05) is 0 Å². The first kappa shape index (κ1) is 19.2. The second-order valence-corrected chi connectivity index (χ2v) is 6.61. The smallest absolute Gasteiger partial charge is 0.408 e. The predicted octanol–water partition coefficient (Wildman–Crippen LogP) is 5.29. The molecule has 7 nitrogen and oxygen atoms in total. The molecule has 0 unspecified atom stereocenters. The lowest BCUT2D eigenvalue weighted by atomic mass is 10.1. The quantitative estimate of drug-likeness (QED) is 0.231. The number of nitro groups is 1. The van der Waals surface area contributed by atoms with Crippen molar-refractivity contribution in [2.24, 2.45) is 0 Å². The molecule has 0 radical (unpaired) electrons. The number of hydrogen-bond acceptors (Lipinski definition) is 5. The van der Waals surface area contributed by atoms with E-state index in [0.717, 1.165) is 0 Å². The van der Waals surface area contributed by atoms with E-state index in [1.165, 1.54) is 29.1 Å². The Bertz CT molecular complexity index is 1060. The highest BCUT2D eigenvalue weighted by Gasteiger charge is 2.19. The van der Waals surface area contributed by atoms with Crippen LogP contribution in [0.25, 0.3) is 6.08 Å². The molecule has 0 aliphatic rings. The van der Waals surface area contributed by atoms with Gasteiger partial charge in [0.2, 0.25) is 0 Å². The van der Waals surface area contributed by atoms with Crippen LogP contribution >= 0.6 is 34.8 Å². The lowest BCUT2D eigenvalue weighted by molar-refractivity contribution is -0.389. The third-order valence-corrected chi connectivity index (χ3v) is 4.48. The summed E-state index contributed by atoms with van der Waals surface area (Å²) in [5.74, 6) is 0.244. The van der Waals surface area contributed by atoms with Gasteiger partial charge in [-0.1, -0.05) is 34.8 Å². The van der Waals surface area contributed by atoms with Crippen molar-refractivity contribution in [3.8, 4) is 0 Å². The molecule has 0 saturated heterocycles. The lowest BCUT2D eigenvalue weighted by Gasteiger charge is -1.98. The van der Waals surface area contributed by atoms with Crippen LogP contribution in [0.4, 0.5) is 5.82 Å². The topological polar surface area (TPSA) is 91.2 Å². The van der Waals surface area contributed by atoms with Crippen LogP contribution in [0, 0.1) is 10.1 Å². The Morgan fingerprint density at radius 3 is 2.63 bits per heavy atom. The Labute approximate surface area is 167 Å². The van der Waals surface area contributed by atoms with Crippen LogP contribution in [-0.4, -0.2) is 20.5 Å². The third-order valence-electron chi connectivity index (χ3n) is 3.48. The Morgan fingerprint density at radius 2 is 1.96 bits per heavy atom. The first-order chi connectivity index (χ1) is 12.8. The summed E-state index contributed by atoms with van der Waals surface area (Å²) in [5, 5.41) is 15.1. The molecule has 0 atom stereocenters. The van der Waals surface area contributed by atoms with E-state index in [0.29, 0.717) is 27.1 Å². The zero-order valence-corrected chi connectivity index (χ0v) is 15.7. The molecule has 0 aliphatic carbocycles. The van der Waals surface area contributed by atoms with Crippen LogP contribution in [0.1, 0.15) is 21.9 Å². The molecule has 0 aliphatic heterocycles. The number of halogens is 3. The van der Waals surface area contributed by atoms with E-state index in [2.05, 4.69) is 5.10 Å². The first-order valence-electron chi connectivity index (χ1n) is 7.47. The highest BCUT2D eigenvalue weighted by molar-refractivity contribution is 6.42. The predicted molar refractivity (Wildman–Crippen MR) is 102 cm³/mol. The lowest BCUT2D eigenvalue weighted by Crippen LogP contribution is -2.00. The average Bonchev–Trinajstić information content (AvgIpc) is 3.21. The third kappa shape index (κ3) is 4.57. The van der Waals surface area contributed by atoms with Crippen LogP contribution in [0.3, 0.4) is 0 Å². The van der Waals surface area contributed by atoms with Crippen molar-refractivity contribution < 1.29 is 14.1 Å². The van der Waals surface area contributed by atoms with Gasteiger partial charge in [-0.3, -0.25) is 4.79 Å². The fraction of sp³-hybridized carbons (Fsp3) is 0.0588. The summed E-state index contributed by atoms with van der Waals surface area (Å²) >= 11 is 17.5. The van der Waals surface area contributed by atoms with Crippen LogP contribution in [-0.2, 0) is 6.54 Å². The van der Waals surface area contributed by atoms with Gasteiger partial charge in [0.15, 0.2) is 10.8 Å². The number of hydrogen-bond donors (Lipinski definition) is 0. The number of allylic oxidation sites excluding steroid dienone is 1. The van der Waals surface area contributed by atoms with Crippen molar-refractivity contribution in [2.45, 2.75) is 6.54 Å². The van der Waals surface area contributed by atoms with E-state index in [1.54, 1.807) is 24.3 Å². The Hall–Kier alpha value is -2.61. The zero-order valence-electron chi connectivity index (χ0n) is 13.4. The fourth-order valence-corrected chi connectivity index (χ4v) is 2.74. The maximum atomic E-state index is 12.2. The molecule has 138 valence electrons. The molecule has 3 rings (SSSR count). The van der Waals surface area contributed by atoms with E-state index < -0.39 is 10.7 Å². The minimum atomic E-state index is -0.663. The van der Waals surface area contributed by atoms with Gasteiger partial charge in [-0.25, -0.2) is 0 Å². The van der Waals surface area contributed by atoms with Crippen LogP contribution in [0.2, 0.25) is 15.1 Å². The van der Waals surface area contributed by atoms with Crippen molar-refractivity contribution >= 4 is 52.5 Å². The molecule has 27 heavy (non-hydrogen) atoms. The normalized spacial score (nSPS) is 11.2. The van der Waals surface area contributed by atoms with Gasteiger partial charge in [0.25, 0.3) is 0 Å². The van der Waals surface area contributed by atoms with Gasteiger partial charge < -0.3 is 14.5 Å². The molecule has 2 aromatic heterocycles. The summed E-state index contributed by atoms with van der Waals surface area (Å²) in [5.41, 5.74) is 0.394. The molecular formula is C17H10Cl3N3O4. The number of carbonyl (C=O) groups is 1. The monoisotopic (exact) mass is 425 g/mol. The number of benzene rings is 1. The molecule has 0 fully saturated rings. The van der Waals surface area contributed by atoms with Crippen molar-refractivity contribution in [1.82, 2.24) is 9.78 Å². The first-order valence-corrected chi connectivity index (χ1v) is 8.60. The van der Waals surface area contributed by atoms with Gasteiger partial charge in [0.1, 0.15) is 18.1 Å². The molecular weight excluding hydrogens is 417 g/mol. The van der Waals surface area contributed by atoms with Gasteiger partial charge in [-0.2, -0.15) is 4.68 Å². The number of carbonyl (C=O) groups excluding carboxylic acids is 1. The minimum absolute atomic E-state index is 0.0566. The van der Waals surface area contributed by atoms with E-state index in [4.69, 9.17) is 39.2 Å². The van der Waals surface area contributed by atoms with Crippen LogP contribution in [0.5, 0.6) is 0 Å². The minimum Gasteiger partial charge on any atom is -0.460 e. The van der Waals surface area contributed by atoms with Gasteiger partial charge in [0, 0.05) is 5.56 Å². The molecule has 0 amide bonds.